The van der Waals surface area contributed by atoms with Gasteiger partial charge >= 0.3 is 0 Å². The quantitative estimate of drug-likeness (QED) is 0.472. The van der Waals surface area contributed by atoms with Crippen molar-refractivity contribution in [3.63, 3.8) is 0 Å². The summed E-state index contributed by atoms with van der Waals surface area (Å²) in [5.41, 5.74) is 1.88. The molecule has 19 heavy (non-hydrogen) atoms. The number of hydrogen-bond donors (Lipinski definition) is 0. The van der Waals surface area contributed by atoms with E-state index in [1.807, 2.05) is 31.2 Å². The van der Waals surface area contributed by atoms with Gasteiger partial charge in [-0.25, -0.2) is 0 Å². The molecule has 0 spiro atoms. The van der Waals surface area contributed by atoms with Crippen LogP contribution in [0.15, 0.2) is 29.4 Å². The lowest BCUT2D eigenvalue weighted by Crippen LogP contribution is -2.38. The van der Waals surface area contributed by atoms with E-state index in [1.54, 1.807) is 0 Å². The standard InChI is InChI=1S/C14H19ClN2O2/c1-12(13-2-4-14(15)5-3-13)16-19-11-8-17-6-9-18-10-7-17/h2-5H,6-11H2,1H3/b16-12+. The Morgan fingerprint density at radius 3 is 2.68 bits per heavy atom. The van der Waals surface area contributed by atoms with E-state index in [2.05, 4.69) is 10.1 Å². The molecule has 2 rings (SSSR count). The fraction of sp³-hybridized carbons (Fsp3) is 0.500. The molecule has 0 bridgehead atoms. The molecule has 0 aromatic heterocycles. The number of ether oxygens (including phenoxy) is 1. The van der Waals surface area contributed by atoms with Gasteiger partial charge in [0.1, 0.15) is 6.61 Å². The first-order valence-corrected chi connectivity index (χ1v) is 6.86. The Morgan fingerprint density at radius 1 is 1.32 bits per heavy atom. The number of oxime groups is 1. The van der Waals surface area contributed by atoms with Crippen LogP contribution in [0.3, 0.4) is 0 Å². The van der Waals surface area contributed by atoms with E-state index in [0.717, 1.165) is 49.1 Å². The second-order valence-electron chi connectivity index (χ2n) is 4.47. The number of halogens is 1. The van der Waals surface area contributed by atoms with Gasteiger partial charge in [0.05, 0.1) is 18.9 Å². The minimum Gasteiger partial charge on any atom is -0.394 e. The fourth-order valence-electron chi connectivity index (χ4n) is 1.88. The summed E-state index contributed by atoms with van der Waals surface area (Å²) in [5.74, 6) is 0. The van der Waals surface area contributed by atoms with E-state index in [-0.39, 0.29) is 0 Å². The smallest absolute Gasteiger partial charge is 0.129 e. The molecule has 0 unspecified atom stereocenters. The topological polar surface area (TPSA) is 34.1 Å². The molecule has 0 radical (unpaired) electrons. The lowest BCUT2D eigenvalue weighted by Gasteiger charge is -2.25. The van der Waals surface area contributed by atoms with Crippen molar-refractivity contribution in [3.8, 4) is 0 Å². The van der Waals surface area contributed by atoms with Gasteiger partial charge in [-0.2, -0.15) is 0 Å². The summed E-state index contributed by atoms with van der Waals surface area (Å²) in [5, 5.41) is 4.85. The van der Waals surface area contributed by atoms with Crippen molar-refractivity contribution in [2.24, 2.45) is 5.16 Å². The maximum atomic E-state index is 5.84. The third-order valence-corrected chi connectivity index (χ3v) is 3.32. The van der Waals surface area contributed by atoms with Crippen molar-refractivity contribution < 1.29 is 9.57 Å². The predicted molar refractivity (Wildman–Crippen MR) is 76.9 cm³/mol. The minimum atomic E-state index is 0.602. The van der Waals surface area contributed by atoms with Crippen LogP contribution in [0, 0.1) is 0 Å². The van der Waals surface area contributed by atoms with Crippen LogP contribution >= 0.6 is 11.6 Å². The van der Waals surface area contributed by atoms with Gasteiger partial charge in [0.15, 0.2) is 0 Å². The SMILES string of the molecule is C/C(=N\OCCN1CCOCC1)c1ccc(Cl)cc1. The van der Waals surface area contributed by atoms with Crippen molar-refractivity contribution >= 4 is 17.3 Å². The zero-order valence-electron chi connectivity index (χ0n) is 11.1. The summed E-state index contributed by atoms with van der Waals surface area (Å²) in [7, 11) is 0. The number of nitrogens with zero attached hydrogens (tertiary/aromatic N) is 2. The largest absolute Gasteiger partial charge is 0.394 e. The van der Waals surface area contributed by atoms with Crippen molar-refractivity contribution in [2.45, 2.75) is 6.92 Å². The highest BCUT2D eigenvalue weighted by atomic mass is 35.5. The Bertz CT molecular complexity index is 414. The number of hydrogen-bond acceptors (Lipinski definition) is 4. The molecular weight excluding hydrogens is 264 g/mol. The molecule has 1 fully saturated rings. The maximum Gasteiger partial charge on any atom is 0.129 e. The summed E-state index contributed by atoms with van der Waals surface area (Å²) >= 11 is 5.84. The van der Waals surface area contributed by atoms with Crippen LogP contribution < -0.4 is 0 Å². The molecular formula is C14H19ClN2O2. The van der Waals surface area contributed by atoms with E-state index < -0.39 is 0 Å². The Hall–Kier alpha value is -1.10. The van der Waals surface area contributed by atoms with Gasteiger partial charge in [-0.3, -0.25) is 4.90 Å². The van der Waals surface area contributed by atoms with E-state index in [9.17, 15) is 0 Å². The summed E-state index contributed by atoms with van der Waals surface area (Å²) in [6.07, 6.45) is 0. The average molecular weight is 283 g/mol. The molecule has 1 aromatic rings. The minimum absolute atomic E-state index is 0.602. The molecule has 1 aliphatic rings. The summed E-state index contributed by atoms with van der Waals surface area (Å²) in [4.78, 5) is 7.67. The second-order valence-corrected chi connectivity index (χ2v) is 4.91. The van der Waals surface area contributed by atoms with Gasteiger partial charge < -0.3 is 9.57 Å². The molecule has 4 nitrogen and oxygen atoms in total. The van der Waals surface area contributed by atoms with Crippen molar-refractivity contribution in [1.29, 1.82) is 0 Å². The predicted octanol–water partition coefficient (Wildman–Crippen LogP) is 2.41. The average Bonchev–Trinajstić information content (AvgIpc) is 2.45. The van der Waals surface area contributed by atoms with Crippen LogP contribution in [0.2, 0.25) is 5.02 Å². The van der Waals surface area contributed by atoms with Crippen LogP contribution in [0.5, 0.6) is 0 Å². The van der Waals surface area contributed by atoms with E-state index in [1.165, 1.54) is 0 Å². The zero-order valence-corrected chi connectivity index (χ0v) is 11.9. The molecule has 1 aliphatic heterocycles. The van der Waals surface area contributed by atoms with Gasteiger partial charge in [-0.15, -0.1) is 0 Å². The third kappa shape index (κ3) is 4.82. The molecule has 5 heteroatoms. The van der Waals surface area contributed by atoms with Crippen LogP contribution in [-0.4, -0.2) is 50.1 Å². The van der Waals surface area contributed by atoms with Crippen LogP contribution in [0.4, 0.5) is 0 Å². The third-order valence-electron chi connectivity index (χ3n) is 3.07. The van der Waals surface area contributed by atoms with Crippen LogP contribution in [0.1, 0.15) is 12.5 Å². The Morgan fingerprint density at radius 2 is 2.00 bits per heavy atom. The first-order chi connectivity index (χ1) is 9.25. The van der Waals surface area contributed by atoms with Gasteiger partial charge in [0.2, 0.25) is 0 Å². The first-order valence-electron chi connectivity index (χ1n) is 6.48. The van der Waals surface area contributed by atoms with Gasteiger partial charge in [0.25, 0.3) is 0 Å². The molecule has 0 aliphatic carbocycles. The van der Waals surface area contributed by atoms with Crippen molar-refractivity contribution in [3.05, 3.63) is 34.9 Å². The first kappa shape index (κ1) is 14.3. The van der Waals surface area contributed by atoms with Crippen molar-refractivity contribution in [1.82, 2.24) is 4.90 Å². The molecule has 0 N–H and O–H groups in total. The Labute approximate surface area is 118 Å². The summed E-state index contributed by atoms with van der Waals surface area (Å²) < 4.78 is 5.29. The highest BCUT2D eigenvalue weighted by Gasteiger charge is 2.09. The van der Waals surface area contributed by atoms with Gasteiger partial charge in [0, 0.05) is 24.7 Å². The normalized spacial score (nSPS) is 17.5. The monoisotopic (exact) mass is 282 g/mol. The maximum absolute atomic E-state index is 5.84. The van der Waals surface area contributed by atoms with Crippen LogP contribution in [-0.2, 0) is 9.57 Å². The molecule has 104 valence electrons. The number of benzene rings is 1. The number of rotatable bonds is 5. The van der Waals surface area contributed by atoms with E-state index in [4.69, 9.17) is 21.2 Å². The van der Waals surface area contributed by atoms with E-state index in [0.29, 0.717) is 6.61 Å². The highest BCUT2D eigenvalue weighted by Crippen LogP contribution is 2.10. The lowest BCUT2D eigenvalue weighted by atomic mass is 10.1. The molecule has 1 heterocycles. The molecule has 1 aromatic carbocycles. The molecule has 0 amide bonds. The Balaban J connectivity index is 1.73. The second kappa shape index (κ2) is 7.48. The van der Waals surface area contributed by atoms with Gasteiger partial charge in [-0.1, -0.05) is 28.9 Å². The Kier molecular flexibility index (Phi) is 5.63. The summed E-state index contributed by atoms with van der Waals surface area (Å²) in [6, 6.07) is 7.58. The molecule has 0 atom stereocenters. The number of morpholine rings is 1. The molecule has 1 saturated heterocycles. The lowest BCUT2D eigenvalue weighted by molar-refractivity contribution is 0.0212. The van der Waals surface area contributed by atoms with Crippen LogP contribution in [0.25, 0.3) is 0 Å². The summed E-state index contributed by atoms with van der Waals surface area (Å²) in [6.45, 7) is 7.00. The van der Waals surface area contributed by atoms with E-state index >= 15 is 0 Å². The molecule has 0 saturated carbocycles. The zero-order chi connectivity index (χ0) is 13.5. The highest BCUT2D eigenvalue weighted by molar-refractivity contribution is 6.30. The van der Waals surface area contributed by atoms with Gasteiger partial charge in [-0.05, 0) is 24.6 Å². The van der Waals surface area contributed by atoms with Crippen molar-refractivity contribution in [2.75, 3.05) is 39.5 Å². The fourth-order valence-corrected chi connectivity index (χ4v) is 2.01.